The smallest absolute Gasteiger partial charge is 0.118 e. The Bertz CT molecular complexity index is 535. The lowest BCUT2D eigenvalue weighted by molar-refractivity contribution is 0.475. The summed E-state index contributed by atoms with van der Waals surface area (Å²) in [5.41, 5.74) is 1.99. The van der Waals surface area contributed by atoms with Crippen LogP contribution in [0.4, 0.5) is 5.69 Å². The fourth-order valence-corrected chi connectivity index (χ4v) is 2.30. The predicted octanol–water partition coefficient (Wildman–Crippen LogP) is 1.35. The van der Waals surface area contributed by atoms with E-state index in [9.17, 15) is 5.11 Å². The minimum absolute atomic E-state index is 0.305. The minimum Gasteiger partial charge on any atom is -0.508 e. The second-order valence-corrected chi connectivity index (χ2v) is 4.28. The van der Waals surface area contributed by atoms with Crippen molar-refractivity contribution in [1.29, 1.82) is 0 Å². The average molecular weight is 229 g/mol. The molecule has 2 heterocycles. The molecule has 4 nitrogen and oxygen atoms in total. The predicted molar refractivity (Wildman–Crippen MR) is 68.5 cm³/mol. The monoisotopic (exact) mass is 229 g/mol. The quantitative estimate of drug-likeness (QED) is 0.775. The van der Waals surface area contributed by atoms with Crippen LogP contribution in [-0.2, 0) is 0 Å². The molecule has 1 aromatic heterocycles. The van der Waals surface area contributed by atoms with E-state index in [2.05, 4.69) is 15.2 Å². The Morgan fingerprint density at radius 3 is 2.88 bits per heavy atom. The van der Waals surface area contributed by atoms with Gasteiger partial charge < -0.3 is 15.3 Å². The van der Waals surface area contributed by atoms with E-state index >= 15 is 0 Å². The van der Waals surface area contributed by atoms with Crippen molar-refractivity contribution < 1.29 is 5.11 Å². The summed E-state index contributed by atoms with van der Waals surface area (Å²) in [5.74, 6) is 0.305. The van der Waals surface area contributed by atoms with Crippen LogP contribution in [0.5, 0.6) is 5.75 Å². The molecular weight excluding hydrogens is 214 g/mol. The van der Waals surface area contributed by atoms with E-state index in [1.807, 2.05) is 12.1 Å². The van der Waals surface area contributed by atoms with Crippen molar-refractivity contribution in [2.75, 3.05) is 31.1 Å². The molecule has 17 heavy (non-hydrogen) atoms. The molecule has 4 heteroatoms. The molecule has 88 valence electrons. The van der Waals surface area contributed by atoms with Crippen LogP contribution in [0.15, 0.2) is 30.5 Å². The van der Waals surface area contributed by atoms with Gasteiger partial charge in [-0.05, 0) is 12.1 Å². The van der Waals surface area contributed by atoms with E-state index in [0.717, 1.165) is 42.8 Å². The number of piperazine rings is 1. The number of rotatable bonds is 1. The van der Waals surface area contributed by atoms with Crippen LogP contribution < -0.4 is 10.2 Å². The third-order valence-corrected chi connectivity index (χ3v) is 3.13. The molecule has 2 N–H and O–H groups in total. The SMILES string of the molecule is Oc1cc(N2CCNCC2)c2ncccc2c1. The number of nitrogens with zero attached hydrogens (tertiary/aromatic N) is 2. The van der Waals surface area contributed by atoms with Crippen molar-refractivity contribution in [3.8, 4) is 5.75 Å². The fraction of sp³-hybridized carbons (Fsp3) is 0.308. The molecule has 0 atom stereocenters. The van der Waals surface area contributed by atoms with Gasteiger partial charge >= 0.3 is 0 Å². The Morgan fingerprint density at radius 2 is 2.06 bits per heavy atom. The highest BCUT2D eigenvalue weighted by Gasteiger charge is 2.14. The number of hydrogen-bond acceptors (Lipinski definition) is 4. The molecule has 1 aromatic carbocycles. The van der Waals surface area contributed by atoms with Crippen molar-refractivity contribution >= 4 is 16.6 Å². The lowest BCUT2D eigenvalue weighted by Gasteiger charge is -2.30. The standard InChI is InChI=1S/C13H15N3O/c17-11-8-10-2-1-3-15-13(10)12(9-11)16-6-4-14-5-7-16/h1-3,8-9,14,17H,4-7H2. The van der Waals surface area contributed by atoms with Crippen LogP contribution in [0.1, 0.15) is 0 Å². The third-order valence-electron chi connectivity index (χ3n) is 3.13. The number of fused-ring (bicyclic) bond motifs is 1. The molecule has 1 saturated heterocycles. The first-order chi connectivity index (χ1) is 8.34. The summed E-state index contributed by atoms with van der Waals surface area (Å²) in [4.78, 5) is 6.69. The van der Waals surface area contributed by atoms with Crippen LogP contribution >= 0.6 is 0 Å². The maximum absolute atomic E-state index is 9.77. The Morgan fingerprint density at radius 1 is 1.24 bits per heavy atom. The molecule has 0 spiro atoms. The second-order valence-electron chi connectivity index (χ2n) is 4.28. The maximum atomic E-state index is 9.77. The van der Waals surface area contributed by atoms with Gasteiger partial charge in [0.2, 0.25) is 0 Å². The maximum Gasteiger partial charge on any atom is 0.118 e. The van der Waals surface area contributed by atoms with E-state index in [1.54, 1.807) is 18.3 Å². The molecule has 0 radical (unpaired) electrons. The number of aromatic hydroxyl groups is 1. The van der Waals surface area contributed by atoms with E-state index in [1.165, 1.54) is 0 Å². The summed E-state index contributed by atoms with van der Waals surface area (Å²) in [5, 5.41) is 14.1. The van der Waals surface area contributed by atoms with Gasteiger partial charge in [-0.1, -0.05) is 6.07 Å². The lowest BCUT2D eigenvalue weighted by atomic mass is 10.1. The molecule has 1 aliphatic rings. The van der Waals surface area contributed by atoms with E-state index in [4.69, 9.17) is 0 Å². The van der Waals surface area contributed by atoms with Gasteiger partial charge in [0, 0.05) is 43.8 Å². The van der Waals surface area contributed by atoms with Crippen molar-refractivity contribution in [1.82, 2.24) is 10.3 Å². The molecule has 1 fully saturated rings. The molecule has 2 aromatic rings. The highest BCUT2D eigenvalue weighted by atomic mass is 16.3. The highest BCUT2D eigenvalue weighted by Crippen LogP contribution is 2.30. The largest absolute Gasteiger partial charge is 0.508 e. The van der Waals surface area contributed by atoms with Gasteiger partial charge in [0.1, 0.15) is 5.75 Å². The van der Waals surface area contributed by atoms with Gasteiger partial charge in [-0.15, -0.1) is 0 Å². The highest BCUT2D eigenvalue weighted by molar-refractivity contribution is 5.92. The molecule has 0 bridgehead atoms. The first-order valence-corrected chi connectivity index (χ1v) is 5.88. The number of phenolic OH excluding ortho intramolecular Hbond substituents is 1. The minimum atomic E-state index is 0.305. The third kappa shape index (κ3) is 1.91. The number of aromatic nitrogens is 1. The van der Waals surface area contributed by atoms with Crippen LogP contribution in [0.2, 0.25) is 0 Å². The van der Waals surface area contributed by atoms with E-state index in [-0.39, 0.29) is 0 Å². The summed E-state index contributed by atoms with van der Waals surface area (Å²) in [7, 11) is 0. The Labute approximate surface area is 99.9 Å². The van der Waals surface area contributed by atoms with Crippen LogP contribution in [0, 0.1) is 0 Å². The van der Waals surface area contributed by atoms with Gasteiger partial charge in [0.25, 0.3) is 0 Å². The number of nitrogens with one attached hydrogen (secondary N) is 1. The number of benzene rings is 1. The van der Waals surface area contributed by atoms with E-state index in [0.29, 0.717) is 5.75 Å². The molecule has 3 rings (SSSR count). The Balaban J connectivity index is 2.13. The normalized spacial score (nSPS) is 16.4. The van der Waals surface area contributed by atoms with Crippen molar-refractivity contribution in [2.45, 2.75) is 0 Å². The molecule has 0 unspecified atom stereocenters. The van der Waals surface area contributed by atoms with Crippen molar-refractivity contribution in [3.05, 3.63) is 30.5 Å². The van der Waals surface area contributed by atoms with Crippen molar-refractivity contribution in [3.63, 3.8) is 0 Å². The summed E-state index contributed by atoms with van der Waals surface area (Å²) >= 11 is 0. The first kappa shape index (κ1) is 10.4. The fourth-order valence-electron chi connectivity index (χ4n) is 2.30. The number of anilines is 1. The summed E-state index contributed by atoms with van der Waals surface area (Å²) in [6.45, 7) is 3.86. The molecule has 0 aliphatic carbocycles. The number of hydrogen-bond donors (Lipinski definition) is 2. The molecular formula is C13H15N3O. The summed E-state index contributed by atoms with van der Waals surface area (Å²) in [6.07, 6.45) is 1.80. The number of phenols is 1. The van der Waals surface area contributed by atoms with Crippen LogP contribution in [-0.4, -0.2) is 36.3 Å². The zero-order valence-electron chi connectivity index (χ0n) is 9.56. The van der Waals surface area contributed by atoms with Gasteiger partial charge in [-0.2, -0.15) is 0 Å². The van der Waals surface area contributed by atoms with Crippen LogP contribution in [0.25, 0.3) is 10.9 Å². The number of pyridine rings is 1. The molecule has 0 amide bonds. The van der Waals surface area contributed by atoms with Gasteiger partial charge in [-0.25, -0.2) is 0 Å². The summed E-state index contributed by atoms with van der Waals surface area (Å²) < 4.78 is 0. The Hall–Kier alpha value is -1.81. The van der Waals surface area contributed by atoms with Gasteiger partial charge in [0.15, 0.2) is 0 Å². The van der Waals surface area contributed by atoms with Crippen molar-refractivity contribution in [2.24, 2.45) is 0 Å². The van der Waals surface area contributed by atoms with E-state index < -0.39 is 0 Å². The van der Waals surface area contributed by atoms with Gasteiger partial charge in [-0.3, -0.25) is 4.98 Å². The molecule has 0 saturated carbocycles. The Kier molecular flexibility index (Phi) is 2.57. The van der Waals surface area contributed by atoms with Crippen LogP contribution in [0.3, 0.4) is 0 Å². The zero-order chi connectivity index (χ0) is 11.7. The average Bonchev–Trinajstić information content (AvgIpc) is 2.39. The molecule has 1 aliphatic heterocycles. The zero-order valence-corrected chi connectivity index (χ0v) is 9.56. The second kappa shape index (κ2) is 4.22. The topological polar surface area (TPSA) is 48.4 Å². The first-order valence-electron chi connectivity index (χ1n) is 5.88. The lowest BCUT2D eigenvalue weighted by Crippen LogP contribution is -2.43. The summed E-state index contributed by atoms with van der Waals surface area (Å²) in [6, 6.07) is 7.44. The van der Waals surface area contributed by atoms with Gasteiger partial charge in [0.05, 0.1) is 11.2 Å².